The summed E-state index contributed by atoms with van der Waals surface area (Å²) in [7, 11) is 0. The number of carbonyl (C=O) groups is 1. The zero-order valence-corrected chi connectivity index (χ0v) is 8.30. The number of furan rings is 1. The molecule has 0 fully saturated rings. The number of aromatic nitrogens is 2. The molecule has 2 aromatic heterocycles. The fraction of sp³-hybridized carbons (Fsp3) is 0.182. The van der Waals surface area contributed by atoms with Crippen LogP contribution < -0.4 is 0 Å². The number of carbonyl (C=O) groups excluding carboxylic acids is 1. The van der Waals surface area contributed by atoms with E-state index in [1.54, 1.807) is 24.6 Å². The molecular weight excluding hydrogens is 192 g/mol. The molecule has 2 heterocycles. The van der Waals surface area contributed by atoms with E-state index >= 15 is 0 Å². The number of rotatable bonds is 3. The fourth-order valence-corrected chi connectivity index (χ4v) is 1.20. The van der Waals surface area contributed by atoms with Gasteiger partial charge in [-0.15, -0.1) is 0 Å². The van der Waals surface area contributed by atoms with Crippen molar-refractivity contribution >= 4 is 5.78 Å². The molecular formula is C11H10N2O2. The molecule has 0 aliphatic rings. The molecule has 0 N–H and O–H groups in total. The topological polar surface area (TPSA) is 56.0 Å². The van der Waals surface area contributed by atoms with E-state index in [4.69, 9.17) is 4.42 Å². The van der Waals surface area contributed by atoms with Crippen LogP contribution in [0.3, 0.4) is 0 Å². The summed E-state index contributed by atoms with van der Waals surface area (Å²) in [6.45, 7) is 1.83. The first-order chi connectivity index (χ1) is 7.25. The summed E-state index contributed by atoms with van der Waals surface area (Å²) >= 11 is 0. The minimum Gasteiger partial charge on any atom is -0.469 e. The molecule has 2 aromatic rings. The molecule has 0 unspecified atom stereocenters. The first kappa shape index (κ1) is 9.58. The summed E-state index contributed by atoms with van der Waals surface area (Å²) in [5, 5.41) is 0. The van der Waals surface area contributed by atoms with Gasteiger partial charge >= 0.3 is 0 Å². The molecule has 0 aromatic carbocycles. The van der Waals surface area contributed by atoms with Crippen LogP contribution in [0.4, 0.5) is 0 Å². The van der Waals surface area contributed by atoms with Gasteiger partial charge in [0.05, 0.1) is 24.6 Å². The van der Waals surface area contributed by atoms with Crippen LogP contribution in [0.15, 0.2) is 35.2 Å². The lowest BCUT2D eigenvalue weighted by molar-refractivity contribution is 0.0982. The lowest BCUT2D eigenvalue weighted by Crippen LogP contribution is -2.06. The van der Waals surface area contributed by atoms with Gasteiger partial charge in [0.1, 0.15) is 11.5 Å². The largest absolute Gasteiger partial charge is 0.469 e. The van der Waals surface area contributed by atoms with Gasteiger partial charge < -0.3 is 4.42 Å². The first-order valence-electron chi connectivity index (χ1n) is 4.60. The van der Waals surface area contributed by atoms with Gasteiger partial charge in [0, 0.05) is 6.20 Å². The van der Waals surface area contributed by atoms with E-state index < -0.39 is 0 Å². The second-order valence-electron chi connectivity index (χ2n) is 3.22. The SMILES string of the molecule is Cc1cnc(C(=O)Cc2ccco2)cn1. The maximum absolute atomic E-state index is 11.7. The summed E-state index contributed by atoms with van der Waals surface area (Å²) < 4.78 is 5.08. The average molecular weight is 202 g/mol. The van der Waals surface area contributed by atoms with Crippen molar-refractivity contribution in [2.45, 2.75) is 13.3 Å². The van der Waals surface area contributed by atoms with E-state index in [9.17, 15) is 4.79 Å². The second-order valence-corrected chi connectivity index (χ2v) is 3.22. The highest BCUT2D eigenvalue weighted by Crippen LogP contribution is 2.05. The van der Waals surface area contributed by atoms with Gasteiger partial charge in [0.25, 0.3) is 0 Å². The maximum atomic E-state index is 11.7. The molecule has 0 radical (unpaired) electrons. The Labute approximate surface area is 87.0 Å². The Morgan fingerprint density at radius 3 is 2.87 bits per heavy atom. The Morgan fingerprint density at radius 2 is 2.27 bits per heavy atom. The fourth-order valence-electron chi connectivity index (χ4n) is 1.20. The monoisotopic (exact) mass is 202 g/mol. The summed E-state index contributed by atoms with van der Waals surface area (Å²) in [6, 6.07) is 3.52. The molecule has 0 atom stereocenters. The number of Topliss-reactive ketones (excluding diaryl/α,β-unsaturated/α-hetero) is 1. The van der Waals surface area contributed by atoms with Gasteiger partial charge in [-0.2, -0.15) is 0 Å². The van der Waals surface area contributed by atoms with Crippen LogP contribution in [0, 0.1) is 6.92 Å². The van der Waals surface area contributed by atoms with E-state index in [0.29, 0.717) is 11.5 Å². The molecule has 0 aliphatic carbocycles. The maximum Gasteiger partial charge on any atom is 0.190 e. The van der Waals surface area contributed by atoms with Crippen LogP contribution in [0.2, 0.25) is 0 Å². The minimum atomic E-state index is -0.0857. The van der Waals surface area contributed by atoms with Gasteiger partial charge in [0.2, 0.25) is 0 Å². The third-order valence-corrected chi connectivity index (χ3v) is 1.98. The van der Waals surface area contributed by atoms with E-state index in [1.165, 1.54) is 6.20 Å². The Morgan fingerprint density at radius 1 is 1.40 bits per heavy atom. The third kappa shape index (κ3) is 2.28. The predicted octanol–water partition coefficient (Wildman–Crippen LogP) is 1.80. The number of ketones is 1. The molecule has 76 valence electrons. The highest BCUT2D eigenvalue weighted by Gasteiger charge is 2.10. The van der Waals surface area contributed by atoms with Gasteiger partial charge in [0.15, 0.2) is 5.78 Å². The summed E-state index contributed by atoms with van der Waals surface area (Å²) in [5.41, 5.74) is 1.17. The molecule has 4 nitrogen and oxygen atoms in total. The number of hydrogen-bond acceptors (Lipinski definition) is 4. The highest BCUT2D eigenvalue weighted by molar-refractivity contribution is 5.95. The lowest BCUT2D eigenvalue weighted by atomic mass is 10.2. The Kier molecular flexibility index (Phi) is 2.58. The Bertz CT molecular complexity index is 446. The van der Waals surface area contributed by atoms with Crippen LogP contribution in [0.1, 0.15) is 21.9 Å². The van der Waals surface area contributed by atoms with Gasteiger partial charge in [-0.1, -0.05) is 0 Å². The van der Waals surface area contributed by atoms with Crippen molar-refractivity contribution in [1.29, 1.82) is 0 Å². The van der Waals surface area contributed by atoms with Crippen molar-refractivity contribution < 1.29 is 9.21 Å². The highest BCUT2D eigenvalue weighted by atomic mass is 16.3. The van der Waals surface area contributed by atoms with Gasteiger partial charge in [-0.3, -0.25) is 9.78 Å². The standard InChI is InChI=1S/C11H10N2O2/c1-8-6-13-10(7-12-8)11(14)5-9-3-2-4-15-9/h2-4,6-7H,5H2,1H3. The van der Waals surface area contributed by atoms with Gasteiger partial charge in [-0.05, 0) is 19.1 Å². The van der Waals surface area contributed by atoms with E-state index in [0.717, 1.165) is 5.69 Å². The van der Waals surface area contributed by atoms with E-state index in [2.05, 4.69) is 9.97 Å². The molecule has 0 saturated heterocycles. The lowest BCUT2D eigenvalue weighted by Gasteiger charge is -1.97. The van der Waals surface area contributed by atoms with E-state index in [-0.39, 0.29) is 12.2 Å². The van der Waals surface area contributed by atoms with Crippen LogP contribution in [-0.4, -0.2) is 15.8 Å². The molecule has 4 heteroatoms. The van der Waals surface area contributed by atoms with Crippen molar-refractivity contribution in [3.05, 3.63) is 47.9 Å². The summed E-state index contributed by atoms with van der Waals surface area (Å²) in [5.74, 6) is 0.555. The second kappa shape index (κ2) is 4.04. The van der Waals surface area contributed by atoms with Crippen LogP contribution >= 0.6 is 0 Å². The molecule has 0 spiro atoms. The summed E-state index contributed by atoms with van der Waals surface area (Å²) in [6.07, 6.45) is 4.84. The quantitative estimate of drug-likeness (QED) is 0.712. The zero-order chi connectivity index (χ0) is 10.7. The van der Waals surface area contributed by atoms with Crippen LogP contribution in [-0.2, 0) is 6.42 Å². The molecule has 0 saturated carbocycles. The molecule has 2 rings (SSSR count). The smallest absolute Gasteiger partial charge is 0.190 e. The predicted molar refractivity (Wildman–Crippen MR) is 53.5 cm³/mol. The van der Waals surface area contributed by atoms with Crippen molar-refractivity contribution in [3.63, 3.8) is 0 Å². The average Bonchev–Trinajstić information content (AvgIpc) is 2.71. The van der Waals surface area contributed by atoms with E-state index in [1.807, 2.05) is 6.92 Å². The van der Waals surface area contributed by atoms with Crippen molar-refractivity contribution in [1.82, 2.24) is 9.97 Å². The minimum absolute atomic E-state index is 0.0857. The molecule has 0 amide bonds. The van der Waals surface area contributed by atoms with Crippen LogP contribution in [0.5, 0.6) is 0 Å². The molecule has 0 aliphatic heterocycles. The molecule has 15 heavy (non-hydrogen) atoms. The van der Waals surface area contributed by atoms with Crippen molar-refractivity contribution in [2.24, 2.45) is 0 Å². The van der Waals surface area contributed by atoms with Crippen molar-refractivity contribution in [2.75, 3.05) is 0 Å². The Hall–Kier alpha value is -1.97. The summed E-state index contributed by atoms with van der Waals surface area (Å²) in [4.78, 5) is 19.7. The van der Waals surface area contributed by atoms with Crippen LogP contribution in [0.25, 0.3) is 0 Å². The van der Waals surface area contributed by atoms with Crippen molar-refractivity contribution in [3.8, 4) is 0 Å². The molecule has 0 bridgehead atoms. The first-order valence-corrected chi connectivity index (χ1v) is 4.60. The zero-order valence-electron chi connectivity index (χ0n) is 8.30. The normalized spacial score (nSPS) is 10.2. The number of aryl methyl sites for hydroxylation is 1. The van der Waals surface area contributed by atoms with Gasteiger partial charge in [-0.25, -0.2) is 4.98 Å². The third-order valence-electron chi connectivity index (χ3n) is 1.98. The Balaban J connectivity index is 2.11. The number of nitrogens with zero attached hydrogens (tertiary/aromatic N) is 2. The number of hydrogen-bond donors (Lipinski definition) is 0.